The molecule has 1 fully saturated rings. The van der Waals surface area contributed by atoms with E-state index in [1.807, 2.05) is 0 Å². The first-order chi connectivity index (χ1) is 17.2. The monoisotopic (exact) mass is 516 g/mol. The second-order valence-corrected chi connectivity index (χ2v) is 10.5. The van der Waals surface area contributed by atoms with Crippen molar-refractivity contribution < 1.29 is 43.2 Å². The van der Waals surface area contributed by atoms with Crippen LogP contribution in [0.3, 0.4) is 0 Å². The van der Waals surface area contributed by atoms with Gasteiger partial charge in [0, 0.05) is 0 Å². The van der Waals surface area contributed by atoms with Crippen LogP contribution in [0.1, 0.15) is 111 Å². The second kappa shape index (κ2) is 19.0. The Bertz CT molecular complexity index is 620. The van der Waals surface area contributed by atoms with Gasteiger partial charge in [0.2, 0.25) is 0 Å². The SMILES string of the molecule is CC(C)CCCCCCOC(=O)OC1CCCC(OC(=O)O)C1OC(=O)OCCCCCCC(C)C. The Labute approximate surface area is 216 Å². The van der Waals surface area contributed by atoms with Crippen molar-refractivity contribution in [1.82, 2.24) is 0 Å². The summed E-state index contributed by atoms with van der Waals surface area (Å²) in [6.45, 7) is 9.23. The lowest BCUT2D eigenvalue weighted by atomic mass is 9.91. The molecule has 1 aliphatic rings. The highest BCUT2D eigenvalue weighted by Crippen LogP contribution is 2.28. The Morgan fingerprint density at radius 1 is 0.667 bits per heavy atom. The average Bonchev–Trinajstić information content (AvgIpc) is 2.79. The molecule has 0 bridgehead atoms. The van der Waals surface area contributed by atoms with Crippen LogP contribution < -0.4 is 0 Å². The van der Waals surface area contributed by atoms with Gasteiger partial charge in [-0.25, -0.2) is 14.4 Å². The minimum Gasteiger partial charge on any atom is -0.450 e. The second-order valence-electron chi connectivity index (χ2n) is 10.5. The van der Waals surface area contributed by atoms with E-state index >= 15 is 0 Å². The van der Waals surface area contributed by atoms with E-state index in [2.05, 4.69) is 27.7 Å². The van der Waals surface area contributed by atoms with E-state index in [0.717, 1.165) is 51.4 Å². The van der Waals surface area contributed by atoms with E-state index in [-0.39, 0.29) is 13.2 Å². The summed E-state index contributed by atoms with van der Waals surface area (Å²) in [5.74, 6) is 1.37. The molecule has 0 saturated heterocycles. The molecule has 1 saturated carbocycles. The zero-order valence-corrected chi connectivity index (χ0v) is 22.7. The summed E-state index contributed by atoms with van der Waals surface area (Å²) in [5, 5.41) is 9.07. The van der Waals surface area contributed by atoms with Gasteiger partial charge < -0.3 is 28.8 Å². The van der Waals surface area contributed by atoms with Crippen LogP contribution in [0.25, 0.3) is 0 Å². The fourth-order valence-corrected chi connectivity index (χ4v) is 4.25. The number of carbonyl (C=O) groups excluding carboxylic acids is 2. The first kappa shape index (κ1) is 31.8. The Morgan fingerprint density at radius 2 is 1.11 bits per heavy atom. The summed E-state index contributed by atoms with van der Waals surface area (Å²) >= 11 is 0. The van der Waals surface area contributed by atoms with Crippen molar-refractivity contribution >= 4 is 18.5 Å². The lowest BCUT2D eigenvalue weighted by Crippen LogP contribution is -2.48. The molecule has 9 heteroatoms. The van der Waals surface area contributed by atoms with Crippen molar-refractivity contribution in [2.45, 2.75) is 129 Å². The molecule has 1 aliphatic carbocycles. The fourth-order valence-electron chi connectivity index (χ4n) is 4.25. The summed E-state index contributed by atoms with van der Waals surface area (Å²) in [7, 11) is 0. The molecule has 0 aromatic carbocycles. The molecule has 0 radical (unpaired) electrons. The molecule has 0 amide bonds. The van der Waals surface area contributed by atoms with E-state index in [0.29, 0.717) is 31.1 Å². The fraction of sp³-hybridized carbons (Fsp3) is 0.889. The predicted molar refractivity (Wildman–Crippen MR) is 135 cm³/mol. The van der Waals surface area contributed by atoms with E-state index in [1.165, 1.54) is 12.8 Å². The van der Waals surface area contributed by atoms with E-state index < -0.39 is 36.8 Å². The van der Waals surface area contributed by atoms with Gasteiger partial charge in [0.15, 0.2) is 6.10 Å². The van der Waals surface area contributed by atoms with Crippen molar-refractivity contribution in [2.75, 3.05) is 13.2 Å². The molecule has 0 aromatic rings. The van der Waals surface area contributed by atoms with Crippen LogP contribution in [-0.4, -0.2) is 55.1 Å². The Balaban J connectivity index is 2.44. The summed E-state index contributed by atoms with van der Waals surface area (Å²) in [5.41, 5.74) is 0. The van der Waals surface area contributed by atoms with Gasteiger partial charge in [-0.15, -0.1) is 0 Å². The van der Waals surface area contributed by atoms with Gasteiger partial charge in [0.1, 0.15) is 12.2 Å². The first-order valence-electron chi connectivity index (χ1n) is 13.8. The third-order valence-corrected chi connectivity index (χ3v) is 6.23. The molecular formula is C27H48O9. The number of carbonyl (C=O) groups is 3. The van der Waals surface area contributed by atoms with Gasteiger partial charge in [-0.2, -0.15) is 0 Å². The molecule has 1 rings (SSSR count). The highest BCUT2D eigenvalue weighted by molar-refractivity contribution is 5.62. The number of hydrogen-bond acceptors (Lipinski definition) is 8. The maximum absolute atomic E-state index is 12.3. The smallest absolute Gasteiger partial charge is 0.450 e. The van der Waals surface area contributed by atoms with Crippen molar-refractivity contribution in [3.8, 4) is 0 Å². The molecule has 9 nitrogen and oxygen atoms in total. The molecule has 0 aliphatic heterocycles. The number of ether oxygens (including phenoxy) is 5. The molecule has 0 spiro atoms. The molecule has 36 heavy (non-hydrogen) atoms. The lowest BCUT2D eigenvalue weighted by molar-refractivity contribution is -0.123. The van der Waals surface area contributed by atoms with E-state index in [4.69, 9.17) is 28.8 Å². The van der Waals surface area contributed by atoms with Crippen LogP contribution in [0.4, 0.5) is 14.4 Å². The average molecular weight is 517 g/mol. The third-order valence-electron chi connectivity index (χ3n) is 6.23. The quantitative estimate of drug-likeness (QED) is 0.119. The van der Waals surface area contributed by atoms with Crippen LogP contribution in [0.5, 0.6) is 0 Å². The largest absolute Gasteiger partial charge is 0.508 e. The van der Waals surface area contributed by atoms with Crippen molar-refractivity contribution in [3.05, 3.63) is 0 Å². The number of rotatable bonds is 17. The highest BCUT2D eigenvalue weighted by atomic mass is 16.8. The Kier molecular flexibility index (Phi) is 16.8. The molecule has 3 atom stereocenters. The molecule has 1 N–H and O–H groups in total. The van der Waals surface area contributed by atoms with Crippen LogP contribution >= 0.6 is 0 Å². The van der Waals surface area contributed by atoms with Gasteiger partial charge >= 0.3 is 18.5 Å². The van der Waals surface area contributed by atoms with Gasteiger partial charge in [-0.05, 0) is 43.9 Å². The normalized spacial score (nSPS) is 19.7. The zero-order chi connectivity index (χ0) is 26.8. The maximum Gasteiger partial charge on any atom is 0.508 e. The molecule has 210 valence electrons. The minimum atomic E-state index is -1.48. The van der Waals surface area contributed by atoms with Gasteiger partial charge in [-0.1, -0.05) is 79.1 Å². The number of carboxylic acid groups (broad SMARTS) is 1. The highest BCUT2D eigenvalue weighted by Gasteiger charge is 2.42. The standard InChI is InChI=1S/C27H48O9/c1-20(2)14-9-5-7-11-18-32-26(30)35-23-17-13-16-22(34-25(28)29)24(23)36-27(31)33-19-12-8-6-10-15-21(3)4/h20-24H,5-19H2,1-4H3,(H,28,29). The maximum atomic E-state index is 12.3. The number of hydrogen-bond donors (Lipinski definition) is 1. The number of unbranched alkanes of at least 4 members (excludes halogenated alkanes) is 6. The van der Waals surface area contributed by atoms with Gasteiger partial charge in [-0.3, -0.25) is 0 Å². The summed E-state index contributed by atoms with van der Waals surface area (Å²) in [6.07, 6.45) is 5.34. The topological polar surface area (TPSA) is 118 Å². The third kappa shape index (κ3) is 15.7. The Hall–Kier alpha value is -2.19. The summed E-state index contributed by atoms with van der Waals surface area (Å²) in [4.78, 5) is 35.6. The molecule has 3 unspecified atom stereocenters. The van der Waals surface area contributed by atoms with Crippen LogP contribution in [-0.2, 0) is 23.7 Å². The molecule has 0 heterocycles. The zero-order valence-electron chi connectivity index (χ0n) is 22.7. The van der Waals surface area contributed by atoms with E-state index in [1.54, 1.807) is 0 Å². The molecular weight excluding hydrogens is 468 g/mol. The van der Waals surface area contributed by atoms with Crippen LogP contribution in [0.15, 0.2) is 0 Å². The molecule has 0 aromatic heterocycles. The van der Waals surface area contributed by atoms with Crippen LogP contribution in [0, 0.1) is 11.8 Å². The van der Waals surface area contributed by atoms with Crippen molar-refractivity contribution in [2.24, 2.45) is 11.8 Å². The summed E-state index contributed by atoms with van der Waals surface area (Å²) in [6, 6.07) is 0. The lowest BCUT2D eigenvalue weighted by Gasteiger charge is -2.35. The van der Waals surface area contributed by atoms with Gasteiger partial charge in [0.05, 0.1) is 13.2 Å². The van der Waals surface area contributed by atoms with Crippen molar-refractivity contribution in [1.29, 1.82) is 0 Å². The summed E-state index contributed by atoms with van der Waals surface area (Å²) < 4.78 is 26.0. The van der Waals surface area contributed by atoms with Crippen molar-refractivity contribution in [3.63, 3.8) is 0 Å². The minimum absolute atomic E-state index is 0.211. The van der Waals surface area contributed by atoms with E-state index in [9.17, 15) is 14.4 Å². The van der Waals surface area contributed by atoms with Gasteiger partial charge in [0.25, 0.3) is 0 Å². The van der Waals surface area contributed by atoms with Crippen LogP contribution in [0.2, 0.25) is 0 Å². The first-order valence-corrected chi connectivity index (χ1v) is 13.8. The Morgan fingerprint density at radius 3 is 1.58 bits per heavy atom. The predicted octanol–water partition coefficient (Wildman–Crippen LogP) is 7.49.